The van der Waals surface area contributed by atoms with Gasteiger partial charge in [-0.2, -0.15) is 0 Å². The van der Waals surface area contributed by atoms with E-state index in [1.165, 1.54) is 32.1 Å². The Kier molecular flexibility index (Phi) is 4.48. The van der Waals surface area contributed by atoms with E-state index in [-0.39, 0.29) is 5.91 Å². The van der Waals surface area contributed by atoms with E-state index in [0.29, 0.717) is 38.3 Å². The van der Waals surface area contributed by atoms with E-state index in [1.807, 2.05) is 4.90 Å². The van der Waals surface area contributed by atoms with Crippen LogP contribution in [0.3, 0.4) is 0 Å². The highest BCUT2D eigenvalue weighted by molar-refractivity contribution is 5.78. The van der Waals surface area contributed by atoms with Crippen LogP contribution in [0.25, 0.3) is 0 Å². The summed E-state index contributed by atoms with van der Waals surface area (Å²) in [5, 5.41) is 9.18. The summed E-state index contributed by atoms with van der Waals surface area (Å²) >= 11 is 0. The number of aliphatic carboxylic acids is 1. The number of amides is 1. The van der Waals surface area contributed by atoms with Crippen molar-refractivity contribution in [1.82, 2.24) is 4.90 Å². The number of hydrogen-bond donors (Lipinski definition) is 1. The Morgan fingerprint density at radius 2 is 1.74 bits per heavy atom. The minimum absolute atomic E-state index is 0.235. The molecule has 1 N–H and O–H groups in total. The highest BCUT2D eigenvalue weighted by Gasteiger charge is 2.38. The third-order valence-electron chi connectivity index (χ3n) is 4.92. The highest BCUT2D eigenvalue weighted by atomic mass is 16.4. The number of carboxylic acid groups (broad SMARTS) is 1. The van der Waals surface area contributed by atoms with Gasteiger partial charge in [-0.05, 0) is 38.5 Å². The van der Waals surface area contributed by atoms with Crippen LogP contribution in [0, 0.1) is 11.3 Å². The molecule has 0 aromatic rings. The van der Waals surface area contributed by atoms with Gasteiger partial charge in [-0.25, -0.2) is 0 Å². The summed E-state index contributed by atoms with van der Waals surface area (Å²) in [4.78, 5) is 25.3. The summed E-state index contributed by atoms with van der Waals surface area (Å²) in [6.07, 6.45) is 8.04. The third kappa shape index (κ3) is 3.48. The Bertz CT molecular complexity index is 339. The Morgan fingerprint density at radius 3 is 2.26 bits per heavy atom. The molecule has 4 heteroatoms. The predicted molar refractivity (Wildman–Crippen MR) is 72.7 cm³/mol. The number of likely N-dealkylation sites (tertiary alicyclic amines) is 1. The molecule has 1 amide bonds. The molecule has 1 heterocycles. The molecule has 2 fully saturated rings. The van der Waals surface area contributed by atoms with E-state index in [4.69, 9.17) is 0 Å². The normalized spacial score (nSPS) is 24.2. The lowest BCUT2D eigenvalue weighted by Gasteiger charge is -2.37. The number of carboxylic acids is 1. The molecule has 0 aromatic carbocycles. The first-order valence-corrected chi connectivity index (χ1v) is 7.52. The van der Waals surface area contributed by atoms with Gasteiger partial charge in [0.15, 0.2) is 0 Å². The zero-order chi connectivity index (χ0) is 13.9. The molecular weight excluding hydrogens is 242 g/mol. The average Bonchev–Trinajstić information content (AvgIpc) is 2.40. The van der Waals surface area contributed by atoms with Gasteiger partial charge in [0.2, 0.25) is 5.91 Å². The monoisotopic (exact) mass is 267 g/mol. The molecule has 0 atom stereocenters. The van der Waals surface area contributed by atoms with Crippen LogP contribution >= 0.6 is 0 Å². The van der Waals surface area contributed by atoms with Crippen molar-refractivity contribution in [3.05, 3.63) is 0 Å². The maximum atomic E-state index is 12.2. The highest BCUT2D eigenvalue weighted by Crippen LogP contribution is 2.32. The lowest BCUT2D eigenvalue weighted by molar-refractivity contribution is -0.153. The molecule has 1 aliphatic carbocycles. The second kappa shape index (κ2) is 5.93. The van der Waals surface area contributed by atoms with Crippen LogP contribution in [0.1, 0.15) is 58.3 Å². The first-order valence-electron chi connectivity index (χ1n) is 7.52. The first-order chi connectivity index (χ1) is 9.01. The van der Waals surface area contributed by atoms with Gasteiger partial charge in [0.1, 0.15) is 0 Å². The third-order valence-corrected chi connectivity index (χ3v) is 4.92. The van der Waals surface area contributed by atoms with Crippen molar-refractivity contribution in [3.63, 3.8) is 0 Å². The molecular formula is C15H25NO3. The molecule has 0 aromatic heterocycles. The van der Waals surface area contributed by atoms with Crippen LogP contribution in [0.15, 0.2) is 0 Å². The van der Waals surface area contributed by atoms with Crippen LogP contribution in [0.5, 0.6) is 0 Å². The molecule has 4 nitrogen and oxygen atoms in total. The van der Waals surface area contributed by atoms with E-state index in [1.54, 1.807) is 6.92 Å². The summed E-state index contributed by atoms with van der Waals surface area (Å²) in [5.74, 6) is 0.0697. The number of hydrogen-bond acceptors (Lipinski definition) is 2. The van der Waals surface area contributed by atoms with Gasteiger partial charge in [-0.15, -0.1) is 0 Å². The lowest BCUT2D eigenvalue weighted by atomic mass is 9.80. The zero-order valence-electron chi connectivity index (χ0n) is 11.9. The Balaban J connectivity index is 1.80. The molecule has 1 saturated carbocycles. The molecule has 1 aliphatic heterocycles. The van der Waals surface area contributed by atoms with Crippen molar-refractivity contribution in [2.75, 3.05) is 13.1 Å². The van der Waals surface area contributed by atoms with Crippen molar-refractivity contribution in [1.29, 1.82) is 0 Å². The largest absolute Gasteiger partial charge is 0.481 e. The average molecular weight is 267 g/mol. The second-order valence-electron chi connectivity index (χ2n) is 6.45. The summed E-state index contributed by atoms with van der Waals surface area (Å²) in [6, 6.07) is 0. The van der Waals surface area contributed by atoms with Crippen LogP contribution in [0.2, 0.25) is 0 Å². The van der Waals surface area contributed by atoms with Gasteiger partial charge >= 0.3 is 5.97 Å². The maximum absolute atomic E-state index is 12.2. The SMILES string of the molecule is CC1(C(=O)O)CCN(C(=O)CC2CCCCC2)CC1. The Morgan fingerprint density at radius 1 is 1.16 bits per heavy atom. The molecule has 19 heavy (non-hydrogen) atoms. The summed E-state index contributed by atoms with van der Waals surface area (Å²) < 4.78 is 0. The van der Waals surface area contributed by atoms with Gasteiger partial charge in [0, 0.05) is 19.5 Å². The number of rotatable bonds is 3. The molecule has 2 rings (SSSR count). The van der Waals surface area contributed by atoms with Crippen LogP contribution in [0.4, 0.5) is 0 Å². The molecule has 0 spiro atoms. The fourth-order valence-electron chi connectivity index (χ4n) is 3.23. The fraction of sp³-hybridized carbons (Fsp3) is 0.867. The Hall–Kier alpha value is -1.06. The number of nitrogens with zero attached hydrogens (tertiary/aromatic N) is 1. The number of carbonyl (C=O) groups excluding carboxylic acids is 1. The van der Waals surface area contributed by atoms with Crippen LogP contribution in [-0.2, 0) is 9.59 Å². The standard InChI is InChI=1S/C15H25NO3/c1-15(14(18)19)7-9-16(10-8-15)13(17)11-12-5-3-2-4-6-12/h12H,2-11H2,1H3,(H,18,19). The molecule has 0 unspecified atom stereocenters. The first kappa shape index (κ1) is 14.4. The van der Waals surface area contributed by atoms with Crippen molar-refractivity contribution in [2.45, 2.75) is 58.3 Å². The van der Waals surface area contributed by atoms with Gasteiger partial charge < -0.3 is 10.0 Å². The quantitative estimate of drug-likeness (QED) is 0.855. The van der Waals surface area contributed by atoms with Gasteiger partial charge in [-0.1, -0.05) is 19.3 Å². The van der Waals surface area contributed by atoms with Crippen LogP contribution in [-0.4, -0.2) is 35.0 Å². The minimum Gasteiger partial charge on any atom is -0.481 e. The van der Waals surface area contributed by atoms with Gasteiger partial charge in [-0.3, -0.25) is 9.59 Å². The van der Waals surface area contributed by atoms with E-state index in [2.05, 4.69) is 0 Å². The van der Waals surface area contributed by atoms with Gasteiger partial charge in [0.25, 0.3) is 0 Å². The van der Waals surface area contributed by atoms with Crippen molar-refractivity contribution in [2.24, 2.45) is 11.3 Å². The zero-order valence-corrected chi connectivity index (χ0v) is 11.9. The van der Waals surface area contributed by atoms with Gasteiger partial charge in [0.05, 0.1) is 5.41 Å². The summed E-state index contributed by atoms with van der Waals surface area (Å²) in [5.41, 5.74) is -0.637. The summed E-state index contributed by atoms with van der Waals surface area (Å²) in [6.45, 7) is 3.00. The van der Waals surface area contributed by atoms with Crippen molar-refractivity contribution < 1.29 is 14.7 Å². The predicted octanol–water partition coefficient (Wildman–Crippen LogP) is 2.67. The minimum atomic E-state index is -0.730. The van der Waals surface area contributed by atoms with Crippen molar-refractivity contribution >= 4 is 11.9 Å². The molecule has 108 valence electrons. The lowest BCUT2D eigenvalue weighted by Crippen LogP contribution is -2.45. The molecule has 2 aliphatic rings. The van der Waals surface area contributed by atoms with E-state index in [0.717, 1.165) is 0 Å². The molecule has 0 radical (unpaired) electrons. The fourth-order valence-corrected chi connectivity index (χ4v) is 3.23. The Labute approximate surface area is 115 Å². The van der Waals surface area contributed by atoms with Crippen molar-refractivity contribution in [3.8, 4) is 0 Å². The maximum Gasteiger partial charge on any atom is 0.309 e. The van der Waals surface area contributed by atoms with Crippen LogP contribution < -0.4 is 0 Å². The van der Waals surface area contributed by atoms with E-state index < -0.39 is 11.4 Å². The topological polar surface area (TPSA) is 57.6 Å². The second-order valence-corrected chi connectivity index (χ2v) is 6.45. The smallest absolute Gasteiger partial charge is 0.309 e. The molecule has 1 saturated heterocycles. The number of carbonyl (C=O) groups is 2. The van der Waals surface area contributed by atoms with E-state index in [9.17, 15) is 14.7 Å². The molecule has 0 bridgehead atoms. The number of piperidine rings is 1. The van der Waals surface area contributed by atoms with E-state index >= 15 is 0 Å². The summed E-state index contributed by atoms with van der Waals surface area (Å²) in [7, 11) is 0.